The highest BCUT2D eigenvalue weighted by atomic mass is 32.2. The van der Waals surface area contributed by atoms with E-state index in [1.54, 1.807) is 11.8 Å². The van der Waals surface area contributed by atoms with Gasteiger partial charge in [0.15, 0.2) is 0 Å². The van der Waals surface area contributed by atoms with Gasteiger partial charge >= 0.3 is 0 Å². The van der Waals surface area contributed by atoms with E-state index < -0.39 is 0 Å². The van der Waals surface area contributed by atoms with Crippen molar-refractivity contribution >= 4 is 29.3 Å². The number of ether oxygens (including phenoxy) is 1. The zero-order chi connectivity index (χ0) is 22.5. The Kier molecular flexibility index (Phi) is 6.81. The SMILES string of the molecule is CC(C)Oc1cccc(NC(=O)c2ccc([C@@H]3SCC(=O)N3Cc3ccccc3)cc2)c1. The fraction of sp³-hybridized carbons (Fsp3) is 0.231. The molecule has 0 unspecified atom stereocenters. The molecule has 1 saturated heterocycles. The smallest absolute Gasteiger partial charge is 0.255 e. The number of anilines is 1. The maximum atomic E-state index is 12.7. The molecule has 0 bridgehead atoms. The summed E-state index contributed by atoms with van der Waals surface area (Å²) in [4.78, 5) is 27.1. The second kappa shape index (κ2) is 9.92. The van der Waals surface area contributed by atoms with Gasteiger partial charge in [-0.05, 0) is 49.2 Å². The Bertz CT molecular complexity index is 1080. The maximum Gasteiger partial charge on any atom is 0.255 e. The van der Waals surface area contributed by atoms with Crippen molar-refractivity contribution in [3.63, 3.8) is 0 Å². The Balaban J connectivity index is 1.44. The molecule has 32 heavy (non-hydrogen) atoms. The number of hydrogen-bond acceptors (Lipinski definition) is 4. The van der Waals surface area contributed by atoms with Crippen LogP contribution in [0.15, 0.2) is 78.9 Å². The molecule has 0 spiro atoms. The van der Waals surface area contributed by atoms with Crippen molar-refractivity contribution in [1.29, 1.82) is 0 Å². The Morgan fingerprint density at radius 2 is 1.81 bits per heavy atom. The van der Waals surface area contributed by atoms with Crippen LogP contribution in [-0.2, 0) is 11.3 Å². The van der Waals surface area contributed by atoms with Gasteiger partial charge in [0.1, 0.15) is 11.1 Å². The van der Waals surface area contributed by atoms with E-state index in [2.05, 4.69) is 5.32 Å². The molecule has 2 amide bonds. The number of carbonyl (C=O) groups excluding carboxylic acids is 2. The molecule has 1 heterocycles. The van der Waals surface area contributed by atoms with Gasteiger partial charge in [0.05, 0.1) is 11.9 Å². The second-order valence-corrected chi connectivity index (χ2v) is 9.01. The standard InChI is InChI=1S/C26H26N2O3S/c1-18(2)31-23-10-6-9-22(15-23)27-25(30)20-11-13-21(14-12-20)26-28(24(29)17-32-26)16-19-7-4-3-5-8-19/h3-15,18,26H,16-17H2,1-2H3,(H,27,30)/t26-/m0/s1. The molecule has 0 saturated carbocycles. The molecule has 3 aromatic rings. The van der Waals surface area contributed by atoms with Crippen molar-refractivity contribution in [2.24, 2.45) is 0 Å². The topological polar surface area (TPSA) is 58.6 Å². The number of nitrogens with one attached hydrogen (secondary N) is 1. The Morgan fingerprint density at radius 1 is 1.06 bits per heavy atom. The first kappa shape index (κ1) is 22.0. The molecule has 0 aromatic heterocycles. The van der Waals surface area contributed by atoms with E-state index in [4.69, 9.17) is 4.74 Å². The molecule has 0 radical (unpaired) electrons. The lowest BCUT2D eigenvalue weighted by molar-refractivity contribution is -0.128. The number of amides is 2. The third-order valence-electron chi connectivity index (χ3n) is 5.09. The number of carbonyl (C=O) groups is 2. The summed E-state index contributed by atoms with van der Waals surface area (Å²) in [7, 11) is 0. The molecule has 5 nitrogen and oxygen atoms in total. The minimum absolute atomic E-state index is 0.0512. The van der Waals surface area contributed by atoms with Crippen LogP contribution in [0.2, 0.25) is 0 Å². The number of rotatable bonds is 7. The highest BCUT2D eigenvalue weighted by Crippen LogP contribution is 2.39. The monoisotopic (exact) mass is 446 g/mol. The molecule has 1 atom stereocenters. The Hall–Kier alpha value is -3.25. The highest BCUT2D eigenvalue weighted by molar-refractivity contribution is 8.00. The molecule has 1 aliphatic rings. The summed E-state index contributed by atoms with van der Waals surface area (Å²) in [5.74, 6) is 1.13. The highest BCUT2D eigenvalue weighted by Gasteiger charge is 2.32. The number of thioether (sulfide) groups is 1. The van der Waals surface area contributed by atoms with E-state index in [-0.39, 0.29) is 23.3 Å². The third-order valence-corrected chi connectivity index (χ3v) is 6.34. The normalized spacial score (nSPS) is 15.8. The van der Waals surface area contributed by atoms with Gasteiger partial charge in [-0.15, -0.1) is 11.8 Å². The zero-order valence-corrected chi connectivity index (χ0v) is 19.0. The van der Waals surface area contributed by atoms with Crippen molar-refractivity contribution < 1.29 is 14.3 Å². The van der Waals surface area contributed by atoms with Crippen LogP contribution in [0.25, 0.3) is 0 Å². The Morgan fingerprint density at radius 3 is 2.53 bits per heavy atom. The summed E-state index contributed by atoms with van der Waals surface area (Å²) in [6.45, 7) is 4.50. The molecular weight excluding hydrogens is 420 g/mol. The lowest BCUT2D eigenvalue weighted by atomic mass is 10.1. The molecular formula is C26H26N2O3S. The summed E-state index contributed by atoms with van der Waals surface area (Å²) >= 11 is 1.62. The predicted octanol–water partition coefficient (Wildman–Crippen LogP) is 5.50. The number of nitrogens with zero attached hydrogens (tertiary/aromatic N) is 1. The van der Waals surface area contributed by atoms with Crippen LogP contribution in [0.5, 0.6) is 5.75 Å². The van der Waals surface area contributed by atoms with Gasteiger partial charge in [0, 0.05) is 23.9 Å². The average Bonchev–Trinajstić information content (AvgIpc) is 3.14. The van der Waals surface area contributed by atoms with Crippen molar-refractivity contribution in [3.05, 3.63) is 95.6 Å². The zero-order valence-electron chi connectivity index (χ0n) is 18.2. The van der Waals surface area contributed by atoms with Gasteiger partial charge in [-0.25, -0.2) is 0 Å². The van der Waals surface area contributed by atoms with Crippen molar-refractivity contribution in [2.75, 3.05) is 11.1 Å². The van der Waals surface area contributed by atoms with Crippen LogP contribution < -0.4 is 10.1 Å². The predicted molar refractivity (Wildman–Crippen MR) is 129 cm³/mol. The van der Waals surface area contributed by atoms with Gasteiger partial charge < -0.3 is 15.0 Å². The minimum Gasteiger partial charge on any atom is -0.491 e. The van der Waals surface area contributed by atoms with Gasteiger partial charge in [-0.3, -0.25) is 9.59 Å². The van der Waals surface area contributed by atoms with Crippen molar-refractivity contribution in [2.45, 2.75) is 31.9 Å². The lowest BCUT2D eigenvalue weighted by Crippen LogP contribution is -2.27. The first-order chi connectivity index (χ1) is 15.5. The molecule has 3 aromatic carbocycles. The van der Waals surface area contributed by atoms with E-state index in [9.17, 15) is 9.59 Å². The van der Waals surface area contributed by atoms with Gasteiger partial charge in [0.25, 0.3) is 5.91 Å². The summed E-state index contributed by atoms with van der Waals surface area (Å²) in [5, 5.41) is 2.87. The average molecular weight is 447 g/mol. The van der Waals surface area contributed by atoms with Crippen LogP contribution in [0, 0.1) is 0 Å². The van der Waals surface area contributed by atoms with E-state index in [1.807, 2.05) is 97.6 Å². The van der Waals surface area contributed by atoms with Crippen LogP contribution in [-0.4, -0.2) is 28.6 Å². The molecule has 164 valence electrons. The third kappa shape index (κ3) is 5.32. The van der Waals surface area contributed by atoms with Gasteiger partial charge in [-0.2, -0.15) is 0 Å². The summed E-state index contributed by atoms with van der Waals surface area (Å²) in [6, 6.07) is 24.8. The summed E-state index contributed by atoms with van der Waals surface area (Å²) in [6.07, 6.45) is 0.0651. The fourth-order valence-corrected chi connectivity index (χ4v) is 4.79. The first-order valence-electron chi connectivity index (χ1n) is 10.6. The molecule has 1 fully saturated rings. The summed E-state index contributed by atoms with van der Waals surface area (Å²) < 4.78 is 5.69. The largest absolute Gasteiger partial charge is 0.491 e. The summed E-state index contributed by atoms with van der Waals surface area (Å²) in [5.41, 5.74) is 3.37. The van der Waals surface area contributed by atoms with Crippen LogP contribution in [0.3, 0.4) is 0 Å². The van der Waals surface area contributed by atoms with Crippen LogP contribution in [0.4, 0.5) is 5.69 Å². The van der Waals surface area contributed by atoms with E-state index in [0.29, 0.717) is 23.5 Å². The molecule has 4 rings (SSSR count). The molecule has 0 aliphatic carbocycles. The quantitative estimate of drug-likeness (QED) is 0.521. The van der Waals surface area contributed by atoms with E-state index in [1.165, 1.54) is 0 Å². The lowest BCUT2D eigenvalue weighted by Gasteiger charge is -2.24. The minimum atomic E-state index is -0.186. The maximum absolute atomic E-state index is 12.7. The number of hydrogen-bond donors (Lipinski definition) is 1. The second-order valence-electron chi connectivity index (χ2n) is 7.94. The van der Waals surface area contributed by atoms with Crippen LogP contribution in [0.1, 0.15) is 40.7 Å². The first-order valence-corrected chi connectivity index (χ1v) is 11.7. The number of benzene rings is 3. The molecule has 6 heteroatoms. The molecule has 1 N–H and O–H groups in total. The van der Waals surface area contributed by atoms with E-state index >= 15 is 0 Å². The Labute approximate surface area is 192 Å². The van der Waals surface area contributed by atoms with E-state index in [0.717, 1.165) is 16.9 Å². The van der Waals surface area contributed by atoms with Crippen molar-refractivity contribution in [1.82, 2.24) is 4.90 Å². The van der Waals surface area contributed by atoms with Crippen LogP contribution >= 0.6 is 11.8 Å². The van der Waals surface area contributed by atoms with Gasteiger partial charge in [0.2, 0.25) is 5.91 Å². The van der Waals surface area contributed by atoms with Gasteiger partial charge in [-0.1, -0.05) is 48.5 Å². The molecule has 1 aliphatic heterocycles. The van der Waals surface area contributed by atoms with Crippen molar-refractivity contribution in [3.8, 4) is 5.75 Å². The fourth-order valence-electron chi connectivity index (χ4n) is 3.60.